The highest BCUT2D eigenvalue weighted by molar-refractivity contribution is 6.13. The van der Waals surface area contributed by atoms with E-state index in [9.17, 15) is 14.7 Å². The van der Waals surface area contributed by atoms with Crippen LogP contribution in [0.1, 0.15) is 38.8 Å². The van der Waals surface area contributed by atoms with E-state index >= 15 is 0 Å². The monoisotopic (exact) mass is 437 g/mol. The van der Waals surface area contributed by atoms with Gasteiger partial charge in [-0.15, -0.1) is 0 Å². The van der Waals surface area contributed by atoms with Gasteiger partial charge in [-0.3, -0.25) is 0 Å². The largest absolute Gasteiger partial charge is 0.480 e. The summed E-state index contributed by atoms with van der Waals surface area (Å²) in [5, 5.41) is 17.9. The first-order valence-electron chi connectivity index (χ1n) is 10.4. The van der Waals surface area contributed by atoms with E-state index in [2.05, 4.69) is 17.0 Å². The van der Waals surface area contributed by atoms with Crippen LogP contribution in [0, 0.1) is 0 Å². The summed E-state index contributed by atoms with van der Waals surface area (Å²) in [5.74, 6) is -1.19. The minimum atomic E-state index is -1.22. The number of carbonyl (C=O) groups is 2. The Balaban J connectivity index is 2.39. The van der Waals surface area contributed by atoms with Crippen LogP contribution in [0.4, 0.5) is 4.79 Å². The SMILES string of the molecule is C=C(C)CN(N=C(c1ccccc1)c1ccccc1)C(=O)NC(COC(C)(C)C)C(=O)O. The number of carbonyl (C=O) groups excluding carboxylic acids is 1. The minimum Gasteiger partial charge on any atom is -0.480 e. The maximum Gasteiger partial charge on any atom is 0.338 e. The van der Waals surface area contributed by atoms with Crippen LogP contribution in [-0.4, -0.2) is 52.6 Å². The summed E-state index contributed by atoms with van der Waals surface area (Å²) >= 11 is 0. The fraction of sp³-hybridized carbons (Fsp3) is 0.320. The van der Waals surface area contributed by atoms with Crippen molar-refractivity contribution in [2.45, 2.75) is 39.3 Å². The van der Waals surface area contributed by atoms with Crippen LogP contribution in [-0.2, 0) is 9.53 Å². The Hall–Kier alpha value is -3.45. The summed E-state index contributed by atoms with van der Waals surface area (Å²) in [6, 6.07) is 17.1. The molecule has 0 fully saturated rings. The molecule has 1 atom stereocenters. The maximum atomic E-state index is 13.1. The molecule has 7 heteroatoms. The molecule has 0 bridgehead atoms. The molecule has 0 spiro atoms. The number of hydrogen-bond donors (Lipinski definition) is 2. The number of carboxylic acids is 1. The summed E-state index contributed by atoms with van der Waals surface area (Å²) in [4.78, 5) is 24.8. The van der Waals surface area contributed by atoms with Gasteiger partial charge < -0.3 is 15.2 Å². The van der Waals surface area contributed by atoms with Gasteiger partial charge in [0.2, 0.25) is 0 Å². The van der Waals surface area contributed by atoms with Crippen molar-refractivity contribution in [2.24, 2.45) is 5.10 Å². The van der Waals surface area contributed by atoms with Crippen molar-refractivity contribution in [3.8, 4) is 0 Å². The second-order valence-corrected chi connectivity index (χ2v) is 8.46. The number of benzene rings is 2. The van der Waals surface area contributed by atoms with Crippen molar-refractivity contribution in [3.05, 3.63) is 83.9 Å². The van der Waals surface area contributed by atoms with Gasteiger partial charge in [-0.1, -0.05) is 72.8 Å². The highest BCUT2D eigenvalue weighted by atomic mass is 16.5. The molecule has 0 aliphatic carbocycles. The number of hydrazone groups is 1. The van der Waals surface area contributed by atoms with Gasteiger partial charge in [0.15, 0.2) is 6.04 Å². The van der Waals surface area contributed by atoms with Crippen LogP contribution in [0.5, 0.6) is 0 Å². The lowest BCUT2D eigenvalue weighted by atomic mass is 10.0. The van der Waals surface area contributed by atoms with E-state index in [1.54, 1.807) is 6.92 Å². The summed E-state index contributed by atoms with van der Waals surface area (Å²) in [7, 11) is 0. The van der Waals surface area contributed by atoms with Gasteiger partial charge in [-0.2, -0.15) is 5.10 Å². The number of carboxylic acid groups (broad SMARTS) is 1. The minimum absolute atomic E-state index is 0.126. The van der Waals surface area contributed by atoms with Crippen molar-refractivity contribution in [3.63, 3.8) is 0 Å². The van der Waals surface area contributed by atoms with E-state index in [1.807, 2.05) is 81.4 Å². The molecule has 0 aromatic heterocycles. The lowest BCUT2D eigenvalue weighted by Crippen LogP contribution is -2.50. The Morgan fingerprint density at radius 3 is 1.97 bits per heavy atom. The molecule has 2 aromatic carbocycles. The zero-order valence-electron chi connectivity index (χ0n) is 19.0. The number of nitrogens with zero attached hydrogens (tertiary/aromatic N) is 2. The number of amides is 2. The third-order valence-electron chi connectivity index (χ3n) is 4.25. The molecular weight excluding hydrogens is 406 g/mol. The Bertz CT molecular complexity index is 909. The van der Waals surface area contributed by atoms with Gasteiger partial charge in [0.05, 0.1) is 24.5 Å². The number of nitrogens with one attached hydrogen (secondary N) is 1. The highest BCUT2D eigenvalue weighted by Gasteiger charge is 2.26. The van der Waals surface area contributed by atoms with Crippen molar-refractivity contribution >= 4 is 17.7 Å². The summed E-state index contributed by atoms with van der Waals surface area (Å²) in [5.41, 5.74) is 2.39. The summed E-state index contributed by atoms with van der Waals surface area (Å²) in [6.07, 6.45) is 0. The number of urea groups is 1. The highest BCUT2D eigenvalue weighted by Crippen LogP contribution is 2.13. The number of aliphatic carboxylic acids is 1. The molecule has 0 aliphatic rings. The molecule has 2 amide bonds. The quantitative estimate of drug-likeness (QED) is 0.348. The second kappa shape index (κ2) is 11.2. The topological polar surface area (TPSA) is 91.2 Å². The van der Waals surface area contributed by atoms with Crippen LogP contribution in [0.2, 0.25) is 0 Å². The van der Waals surface area contributed by atoms with E-state index < -0.39 is 23.6 Å². The normalized spacial score (nSPS) is 11.9. The summed E-state index contributed by atoms with van der Waals surface area (Å²) < 4.78 is 5.57. The van der Waals surface area contributed by atoms with Gasteiger partial charge in [0.25, 0.3) is 0 Å². The van der Waals surface area contributed by atoms with E-state index in [0.29, 0.717) is 11.3 Å². The molecule has 32 heavy (non-hydrogen) atoms. The second-order valence-electron chi connectivity index (χ2n) is 8.46. The Kier molecular flexibility index (Phi) is 8.72. The summed E-state index contributed by atoms with van der Waals surface area (Å²) in [6.45, 7) is 11.1. The lowest BCUT2D eigenvalue weighted by molar-refractivity contribution is -0.142. The smallest absolute Gasteiger partial charge is 0.338 e. The zero-order chi connectivity index (χ0) is 23.7. The average Bonchev–Trinajstić information content (AvgIpc) is 2.74. The van der Waals surface area contributed by atoms with Gasteiger partial charge in [0.1, 0.15) is 0 Å². The molecule has 0 saturated heterocycles. The Morgan fingerprint density at radius 2 is 1.56 bits per heavy atom. The van der Waals surface area contributed by atoms with Crippen molar-refractivity contribution in [1.29, 1.82) is 0 Å². The number of ether oxygens (including phenoxy) is 1. The maximum absolute atomic E-state index is 13.1. The van der Waals surface area contributed by atoms with E-state index in [4.69, 9.17) is 4.74 Å². The van der Waals surface area contributed by atoms with Crippen LogP contribution in [0.25, 0.3) is 0 Å². The molecule has 0 saturated carbocycles. The molecular formula is C25H31N3O4. The van der Waals surface area contributed by atoms with Crippen LogP contribution >= 0.6 is 0 Å². The fourth-order valence-electron chi connectivity index (χ4n) is 2.73. The Labute approximate surface area is 189 Å². The molecule has 0 aliphatic heterocycles. The lowest BCUT2D eigenvalue weighted by Gasteiger charge is -2.25. The number of rotatable bonds is 9. The van der Waals surface area contributed by atoms with Crippen molar-refractivity contribution < 1.29 is 19.4 Å². The van der Waals surface area contributed by atoms with Crippen LogP contribution in [0.15, 0.2) is 77.9 Å². The molecule has 2 rings (SSSR count). The van der Waals surface area contributed by atoms with Crippen LogP contribution in [0.3, 0.4) is 0 Å². The Morgan fingerprint density at radius 1 is 1.06 bits per heavy atom. The molecule has 2 N–H and O–H groups in total. The first-order valence-corrected chi connectivity index (χ1v) is 10.4. The third-order valence-corrected chi connectivity index (χ3v) is 4.25. The predicted octanol–water partition coefficient (Wildman–Crippen LogP) is 4.30. The first kappa shape index (κ1) is 24.8. The van der Waals surface area contributed by atoms with Crippen molar-refractivity contribution in [2.75, 3.05) is 13.2 Å². The van der Waals surface area contributed by atoms with E-state index in [0.717, 1.165) is 11.1 Å². The van der Waals surface area contributed by atoms with Gasteiger partial charge >= 0.3 is 12.0 Å². The predicted molar refractivity (Wildman–Crippen MR) is 126 cm³/mol. The molecule has 0 radical (unpaired) electrons. The zero-order valence-corrected chi connectivity index (χ0v) is 19.0. The van der Waals surface area contributed by atoms with Gasteiger partial charge in [-0.25, -0.2) is 14.6 Å². The molecule has 0 heterocycles. The van der Waals surface area contributed by atoms with Gasteiger partial charge in [-0.05, 0) is 27.7 Å². The fourth-order valence-corrected chi connectivity index (χ4v) is 2.73. The van der Waals surface area contributed by atoms with E-state index in [-0.39, 0.29) is 13.2 Å². The molecule has 2 aromatic rings. The average molecular weight is 438 g/mol. The molecule has 170 valence electrons. The standard InChI is InChI=1S/C25H31N3O4/c1-18(2)16-28(24(31)26-21(23(29)30)17-32-25(3,4)5)27-22(19-12-8-6-9-13-19)20-14-10-7-11-15-20/h6-15,21H,1,16-17H2,2-5H3,(H,26,31)(H,29,30). The molecule has 7 nitrogen and oxygen atoms in total. The van der Waals surface area contributed by atoms with Gasteiger partial charge in [0, 0.05) is 11.1 Å². The van der Waals surface area contributed by atoms with Crippen molar-refractivity contribution in [1.82, 2.24) is 10.3 Å². The third kappa shape index (κ3) is 8.00. The molecule has 1 unspecified atom stereocenters. The number of hydrogen-bond acceptors (Lipinski definition) is 4. The van der Waals surface area contributed by atoms with E-state index in [1.165, 1.54) is 5.01 Å². The first-order chi connectivity index (χ1) is 15.1. The van der Waals surface area contributed by atoms with Crippen LogP contribution < -0.4 is 5.32 Å².